The molecule has 0 radical (unpaired) electrons. The Bertz CT molecular complexity index is 917. The minimum atomic E-state index is -0.318. The molecule has 1 saturated carbocycles. The molecule has 136 valence electrons. The van der Waals surface area contributed by atoms with E-state index in [1.807, 2.05) is 19.1 Å². The van der Waals surface area contributed by atoms with Crippen molar-refractivity contribution in [2.75, 3.05) is 6.54 Å². The van der Waals surface area contributed by atoms with Crippen LogP contribution in [0.5, 0.6) is 0 Å². The molecule has 2 heterocycles. The van der Waals surface area contributed by atoms with Gasteiger partial charge in [0.05, 0.1) is 16.2 Å². The average molecular weight is 354 g/mol. The predicted molar refractivity (Wildman–Crippen MR) is 97.1 cm³/mol. The van der Waals surface area contributed by atoms with Gasteiger partial charge in [0, 0.05) is 43.6 Å². The van der Waals surface area contributed by atoms with Crippen molar-refractivity contribution in [1.82, 2.24) is 14.9 Å². The van der Waals surface area contributed by atoms with Gasteiger partial charge in [0.15, 0.2) is 0 Å². The minimum Gasteiger partial charge on any atom is -0.310 e. The first-order valence-electron chi connectivity index (χ1n) is 9.15. The summed E-state index contributed by atoms with van der Waals surface area (Å²) in [4.78, 5) is 33.1. The molecule has 0 atom stereocenters. The molecule has 0 unspecified atom stereocenters. The van der Waals surface area contributed by atoms with Crippen molar-refractivity contribution >= 4 is 5.69 Å². The summed E-state index contributed by atoms with van der Waals surface area (Å²) in [5, 5.41) is 11.3. The van der Waals surface area contributed by atoms with Crippen molar-refractivity contribution in [2.45, 2.75) is 51.6 Å². The van der Waals surface area contributed by atoms with Gasteiger partial charge in [0.25, 0.3) is 11.2 Å². The molecule has 1 N–H and O–H groups in total. The first-order valence-corrected chi connectivity index (χ1v) is 9.15. The van der Waals surface area contributed by atoms with Crippen LogP contribution in [0.15, 0.2) is 23.0 Å². The van der Waals surface area contributed by atoms with Gasteiger partial charge in [-0.25, -0.2) is 4.98 Å². The molecule has 2 aromatic rings. The third-order valence-electron chi connectivity index (χ3n) is 5.26. The zero-order valence-electron chi connectivity index (χ0n) is 14.8. The van der Waals surface area contributed by atoms with E-state index < -0.39 is 0 Å². The van der Waals surface area contributed by atoms with Crippen molar-refractivity contribution < 1.29 is 4.92 Å². The number of fused-ring (bicyclic) bond motifs is 1. The number of aromatic amines is 1. The van der Waals surface area contributed by atoms with Crippen molar-refractivity contribution in [3.8, 4) is 0 Å². The molecule has 4 rings (SSSR count). The second-order valence-corrected chi connectivity index (χ2v) is 7.19. The van der Waals surface area contributed by atoms with Crippen molar-refractivity contribution in [3.05, 3.63) is 66.9 Å². The van der Waals surface area contributed by atoms with E-state index in [9.17, 15) is 14.9 Å². The molecule has 0 spiro atoms. The molecule has 1 fully saturated rings. The number of aryl methyl sites for hydroxylation is 1. The zero-order chi connectivity index (χ0) is 18.3. The van der Waals surface area contributed by atoms with Gasteiger partial charge in [-0.3, -0.25) is 19.8 Å². The van der Waals surface area contributed by atoms with Crippen LogP contribution in [0.3, 0.4) is 0 Å². The summed E-state index contributed by atoms with van der Waals surface area (Å²) < 4.78 is 0. The number of aromatic nitrogens is 2. The van der Waals surface area contributed by atoms with Gasteiger partial charge in [-0.2, -0.15) is 0 Å². The summed E-state index contributed by atoms with van der Waals surface area (Å²) in [6.07, 6.45) is 3.60. The lowest BCUT2D eigenvalue weighted by atomic mass is 10.0. The number of nitrogens with zero attached hydrogens (tertiary/aromatic N) is 3. The van der Waals surface area contributed by atoms with Gasteiger partial charge in [-0.1, -0.05) is 19.1 Å². The summed E-state index contributed by atoms with van der Waals surface area (Å²) in [6.45, 7) is 3.84. The number of nitro groups is 1. The second kappa shape index (κ2) is 6.64. The van der Waals surface area contributed by atoms with Gasteiger partial charge in [-0.15, -0.1) is 0 Å². The normalized spacial score (nSPS) is 17.1. The number of rotatable bonds is 5. The van der Waals surface area contributed by atoms with E-state index in [4.69, 9.17) is 0 Å². The molecular weight excluding hydrogens is 332 g/mol. The predicted octanol–water partition coefficient (Wildman–Crippen LogP) is 2.68. The molecule has 2 aliphatic rings. The summed E-state index contributed by atoms with van der Waals surface area (Å²) in [5.41, 5.74) is 3.44. The number of benzene rings is 1. The van der Waals surface area contributed by atoms with E-state index >= 15 is 0 Å². The topological polar surface area (TPSA) is 92.1 Å². The fraction of sp³-hybridized carbons (Fsp3) is 0.474. The number of H-pyrrole nitrogens is 1. The lowest BCUT2D eigenvalue weighted by molar-refractivity contribution is -0.385. The molecule has 1 aromatic heterocycles. The number of nitrogens with one attached hydrogen (secondary N) is 1. The lowest BCUT2D eigenvalue weighted by Gasteiger charge is -2.27. The summed E-state index contributed by atoms with van der Waals surface area (Å²) in [6, 6.07) is 5.44. The zero-order valence-corrected chi connectivity index (χ0v) is 14.8. The maximum Gasteiger partial charge on any atom is 0.272 e. The fourth-order valence-corrected chi connectivity index (χ4v) is 3.62. The first-order chi connectivity index (χ1) is 12.5. The Morgan fingerprint density at radius 1 is 1.38 bits per heavy atom. The Balaban J connectivity index is 1.54. The van der Waals surface area contributed by atoms with Gasteiger partial charge in [0.2, 0.25) is 0 Å². The number of nitro benzene ring substituents is 1. The Labute approximate surface area is 151 Å². The fourth-order valence-electron chi connectivity index (χ4n) is 3.62. The van der Waals surface area contributed by atoms with Crippen molar-refractivity contribution in [2.24, 2.45) is 0 Å². The maximum absolute atomic E-state index is 12.4. The highest BCUT2D eigenvalue weighted by Crippen LogP contribution is 2.37. The van der Waals surface area contributed by atoms with Crippen LogP contribution in [-0.4, -0.2) is 26.3 Å². The molecule has 0 amide bonds. The largest absolute Gasteiger partial charge is 0.310 e. The van der Waals surface area contributed by atoms with E-state index in [0.29, 0.717) is 25.4 Å². The van der Waals surface area contributed by atoms with Crippen LogP contribution in [0.4, 0.5) is 5.69 Å². The standard InChI is InChI=1S/C19H22N4O3/c1-2-13-4-3-12(9-17(13)23(25)26)10-22-8-7-16-15(11-22)19(24)21-18(20-16)14-5-6-14/h3-4,9,14H,2,5-8,10-11H2,1H3,(H,20,21,24). The molecule has 0 bridgehead atoms. The average Bonchev–Trinajstić information content (AvgIpc) is 3.47. The quantitative estimate of drug-likeness (QED) is 0.658. The van der Waals surface area contributed by atoms with Crippen LogP contribution < -0.4 is 5.56 Å². The van der Waals surface area contributed by atoms with Gasteiger partial charge >= 0.3 is 0 Å². The van der Waals surface area contributed by atoms with Crippen LogP contribution in [0.25, 0.3) is 0 Å². The third-order valence-corrected chi connectivity index (χ3v) is 5.26. The Morgan fingerprint density at radius 3 is 2.88 bits per heavy atom. The number of hydrogen-bond acceptors (Lipinski definition) is 5. The van der Waals surface area contributed by atoms with E-state index in [1.165, 1.54) is 0 Å². The van der Waals surface area contributed by atoms with Crippen LogP contribution in [-0.2, 0) is 25.9 Å². The van der Waals surface area contributed by atoms with Crippen LogP contribution in [0, 0.1) is 10.1 Å². The Morgan fingerprint density at radius 2 is 2.19 bits per heavy atom. The van der Waals surface area contributed by atoms with E-state index in [0.717, 1.165) is 54.0 Å². The van der Waals surface area contributed by atoms with E-state index in [-0.39, 0.29) is 16.2 Å². The smallest absolute Gasteiger partial charge is 0.272 e. The molecule has 1 aliphatic heterocycles. The van der Waals surface area contributed by atoms with Crippen molar-refractivity contribution in [1.29, 1.82) is 0 Å². The van der Waals surface area contributed by atoms with E-state index in [2.05, 4.69) is 14.9 Å². The summed E-state index contributed by atoms with van der Waals surface area (Å²) >= 11 is 0. The van der Waals surface area contributed by atoms with Crippen molar-refractivity contribution in [3.63, 3.8) is 0 Å². The second-order valence-electron chi connectivity index (χ2n) is 7.19. The van der Waals surface area contributed by atoms with Gasteiger partial charge < -0.3 is 4.98 Å². The summed E-state index contributed by atoms with van der Waals surface area (Å²) in [5.74, 6) is 1.27. The molecule has 0 saturated heterocycles. The van der Waals surface area contributed by atoms with Gasteiger partial charge in [0.1, 0.15) is 5.82 Å². The molecule has 26 heavy (non-hydrogen) atoms. The molecule has 1 aliphatic carbocycles. The highest BCUT2D eigenvalue weighted by atomic mass is 16.6. The van der Waals surface area contributed by atoms with Crippen LogP contribution in [0.1, 0.15) is 53.9 Å². The van der Waals surface area contributed by atoms with Gasteiger partial charge in [-0.05, 0) is 24.8 Å². The molecular formula is C19H22N4O3. The number of hydrogen-bond donors (Lipinski definition) is 1. The highest BCUT2D eigenvalue weighted by Gasteiger charge is 2.29. The highest BCUT2D eigenvalue weighted by molar-refractivity contribution is 5.43. The molecule has 1 aromatic carbocycles. The summed E-state index contributed by atoms with van der Waals surface area (Å²) in [7, 11) is 0. The SMILES string of the molecule is CCc1ccc(CN2CCc3nc(C4CC4)[nH]c(=O)c3C2)cc1[N+](=O)[O-]. The first kappa shape index (κ1) is 16.9. The van der Waals surface area contributed by atoms with Crippen LogP contribution >= 0.6 is 0 Å². The third kappa shape index (κ3) is 3.26. The Hall–Kier alpha value is -2.54. The Kier molecular flexibility index (Phi) is 4.32. The molecule has 7 nitrogen and oxygen atoms in total. The monoisotopic (exact) mass is 354 g/mol. The lowest BCUT2D eigenvalue weighted by Crippen LogP contribution is -2.35. The van der Waals surface area contributed by atoms with Crippen LogP contribution in [0.2, 0.25) is 0 Å². The minimum absolute atomic E-state index is 0.0334. The van der Waals surface area contributed by atoms with E-state index in [1.54, 1.807) is 6.07 Å². The maximum atomic E-state index is 12.4. The molecule has 7 heteroatoms.